The van der Waals surface area contributed by atoms with Crippen LogP contribution in [0.15, 0.2) is 0 Å². The number of hydrogen-bond donors (Lipinski definition) is 2. The molecule has 1 aliphatic heterocycles. The fourth-order valence-electron chi connectivity index (χ4n) is 1.15. The van der Waals surface area contributed by atoms with E-state index < -0.39 is 0 Å². The maximum Gasteiger partial charge on any atom is 0.130 e. The first kappa shape index (κ1) is 10.2. The molecule has 1 aliphatic rings. The summed E-state index contributed by atoms with van der Waals surface area (Å²) in [5.41, 5.74) is 0. The molecule has 0 aromatic carbocycles. The molecule has 0 amide bonds. The summed E-state index contributed by atoms with van der Waals surface area (Å²) in [5, 5.41) is 3.01. The molecule has 0 unspecified atom stereocenters. The SMILES string of the molecule is S=C(S)NCCN1CCOCC1. The zero-order valence-electron chi connectivity index (χ0n) is 6.95. The largest absolute Gasteiger partial charge is 0.379 e. The van der Waals surface area contributed by atoms with Crippen molar-refractivity contribution in [3.8, 4) is 0 Å². The van der Waals surface area contributed by atoms with Crippen molar-refractivity contribution in [3.05, 3.63) is 0 Å². The van der Waals surface area contributed by atoms with Crippen LogP contribution < -0.4 is 5.32 Å². The zero-order chi connectivity index (χ0) is 8.81. The second-order valence-electron chi connectivity index (χ2n) is 2.69. The fraction of sp³-hybridized carbons (Fsp3) is 0.857. The third-order valence-corrected chi connectivity index (χ3v) is 2.11. The fourth-order valence-corrected chi connectivity index (χ4v) is 1.36. The molecule has 1 N–H and O–H groups in total. The number of hydrogen-bond acceptors (Lipinski definition) is 3. The number of nitrogens with one attached hydrogen (secondary N) is 1. The highest BCUT2D eigenvalue weighted by Crippen LogP contribution is 1.94. The minimum atomic E-state index is 0.572. The van der Waals surface area contributed by atoms with Crippen molar-refractivity contribution < 1.29 is 4.74 Å². The summed E-state index contributed by atoms with van der Waals surface area (Å²) >= 11 is 8.75. The van der Waals surface area contributed by atoms with Gasteiger partial charge in [0.25, 0.3) is 0 Å². The lowest BCUT2D eigenvalue weighted by atomic mass is 10.4. The molecule has 0 saturated carbocycles. The monoisotopic (exact) mass is 206 g/mol. The van der Waals surface area contributed by atoms with Crippen molar-refractivity contribution in [2.24, 2.45) is 0 Å². The van der Waals surface area contributed by atoms with Crippen molar-refractivity contribution in [1.82, 2.24) is 10.2 Å². The second-order valence-corrected chi connectivity index (χ2v) is 3.84. The summed E-state index contributed by atoms with van der Waals surface area (Å²) in [6.45, 7) is 5.66. The summed E-state index contributed by atoms with van der Waals surface area (Å²) in [4.78, 5) is 2.35. The predicted octanol–water partition coefficient (Wildman–Crippen LogP) is 0.123. The Kier molecular flexibility index (Phi) is 4.90. The Labute approximate surface area is 83.9 Å². The molecule has 0 aromatic heterocycles. The third-order valence-electron chi connectivity index (χ3n) is 1.81. The molecule has 1 fully saturated rings. The Balaban J connectivity index is 2.01. The molecule has 1 heterocycles. The lowest BCUT2D eigenvalue weighted by Crippen LogP contribution is -2.40. The number of rotatable bonds is 3. The normalized spacial score (nSPS) is 19.1. The first-order chi connectivity index (χ1) is 5.79. The number of morpholine rings is 1. The van der Waals surface area contributed by atoms with E-state index in [4.69, 9.17) is 17.0 Å². The molecule has 0 aliphatic carbocycles. The number of ether oxygens (including phenoxy) is 1. The Morgan fingerprint density at radius 2 is 2.17 bits per heavy atom. The van der Waals surface area contributed by atoms with Gasteiger partial charge in [-0.3, -0.25) is 4.90 Å². The zero-order valence-corrected chi connectivity index (χ0v) is 8.66. The molecule has 12 heavy (non-hydrogen) atoms. The minimum Gasteiger partial charge on any atom is -0.379 e. The summed E-state index contributed by atoms with van der Waals surface area (Å²) < 4.78 is 5.80. The van der Waals surface area contributed by atoms with Gasteiger partial charge in [-0.1, -0.05) is 12.2 Å². The Hall–Kier alpha value is 0.160. The van der Waals surface area contributed by atoms with Gasteiger partial charge >= 0.3 is 0 Å². The lowest BCUT2D eigenvalue weighted by Gasteiger charge is -2.26. The van der Waals surface area contributed by atoms with E-state index in [9.17, 15) is 0 Å². The van der Waals surface area contributed by atoms with Gasteiger partial charge in [0.15, 0.2) is 0 Å². The highest BCUT2D eigenvalue weighted by molar-refractivity contribution is 8.11. The van der Waals surface area contributed by atoms with Crippen LogP contribution in [-0.2, 0) is 4.74 Å². The summed E-state index contributed by atoms with van der Waals surface area (Å²) in [7, 11) is 0. The molecule has 70 valence electrons. The van der Waals surface area contributed by atoms with Gasteiger partial charge in [0.2, 0.25) is 0 Å². The third kappa shape index (κ3) is 4.25. The molecule has 1 rings (SSSR count). The van der Waals surface area contributed by atoms with Gasteiger partial charge in [-0.2, -0.15) is 0 Å². The number of nitrogens with zero attached hydrogens (tertiary/aromatic N) is 1. The van der Waals surface area contributed by atoms with Crippen LogP contribution in [0.3, 0.4) is 0 Å². The molecule has 0 aromatic rings. The summed E-state index contributed by atoms with van der Waals surface area (Å²) in [5.74, 6) is 0. The Morgan fingerprint density at radius 3 is 2.75 bits per heavy atom. The molecule has 0 radical (unpaired) electrons. The van der Waals surface area contributed by atoms with E-state index in [1.165, 1.54) is 0 Å². The van der Waals surface area contributed by atoms with Crippen LogP contribution in [0.2, 0.25) is 0 Å². The van der Waals surface area contributed by atoms with Crippen molar-refractivity contribution in [2.75, 3.05) is 39.4 Å². The number of thiol groups is 1. The van der Waals surface area contributed by atoms with Crippen LogP contribution in [0.25, 0.3) is 0 Å². The van der Waals surface area contributed by atoms with Crippen molar-refractivity contribution in [2.45, 2.75) is 0 Å². The van der Waals surface area contributed by atoms with Gasteiger partial charge in [-0.15, -0.1) is 12.6 Å². The van der Waals surface area contributed by atoms with Gasteiger partial charge in [-0.25, -0.2) is 0 Å². The molecule has 5 heteroatoms. The van der Waals surface area contributed by atoms with Crippen LogP contribution >= 0.6 is 24.8 Å². The molecule has 3 nitrogen and oxygen atoms in total. The van der Waals surface area contributed by atoms with E-state index in [1.807, 2.05) is 0 Å². The van der Waals surface area contributed by atoms with E-state index in [1.54, 1.807) is 0 Å². The summed E-state index contributed by atoms with van der Waals surface area (Å²) in [6.07, 6.45) is 0. The van der Waals surface area contributed by atoms with E-state index in [2.05, 4.69) is 22.8 Å². The van der Waals surface area contributed by atoms with Gasteiger partial charge < -0.3 is 10.1 Å². The molecule has 0 atom stereocenters. The molecule has 0 bridgehead atoms. The average Bonchev–Trinajstić information content (AvgIpc) is 2.05. The average molecular weight is 206 g/mol. The van der Waals surface area contributed by atoms with Gasteiger partial charge in [0.1, 0.15) is 4.32 Å². The van der Waals surface area contributed by atoms with Crippen molar-refractivity contribution in [3.63, 3.8) is 0 Å². The molecule has 1 saturated heterocycles. The minimum absolute atomic E-state index is 0.572. The smallest absolute Gasteiger partial charge is 0.130 e. The number of thiocarbonyl (C=S) groups is 1. The Bertz CT molecular complexity index is 148. The van der Waals surface area contributed by atoms with Crippen molar-refractivity contribution in [1.29, 1.82) is 0 Å². The second kappa shape index (κ2) is 5.75. The van der Waals surface area contributed by atoms with Crippen LogP contribution in [0, 0.1) is 0 Å². The van der Waals surface area contributed by atoms with Gasteiger partial charge in [0, 0.05) is 26.2 Å². The van der Waals surface area contributed by atoms with E-state index in [-0.39, 0.29) is 0 Å². The Morgan fingerprint density at radius 1 is 1.50 bits per heavy atom. The van der Waals surface area contributed by atoms with Crippen molar-refractivity contribution >= 4 is 29.2 Å². The van der Waals surface area contributed by atoms with Crippen LogP contribution in [0.1, 0.15) is 0 Å². The topological polar surface area (TPSA) is 24.5 Å². The highest BCUT2D eigenvalue weighted by atomic mass is 32.1. The first-order valence-corrected chi connectivity index (χ1v) is 4.91. The van der Waals surface area contributed by atoms with E-state index >= 15 is 0 Å². The maximum atomic E-state index is 5.22. The van der Waals surface area contributed by atoms with E-state index in [0.717, 1.165) is 39.4 Å². The van der Waals surface area contributed by atoms with E-state index in [0.29, 0.717) is 4.32 Å². The standard InChI is InChI=1S/C7H14N2OS2/c11-7(12)8-1-2-9-3-5-10-6-4-9/h1-6H2,(H2,8,11,12). The summed E-state index contributed by atoms with van der Waals surface area (Å²) in [6, 6.07) is 0. The van der Waals surface area contributed by atoms with Gasteiger partial charge in [-0.05, 0) is 0 Å². The lowest BCUT2D eigenvalue weighted by molar-refractivity contribution is 0.0389. The maximum absolute atomic E-state index is 5.22. The predicted molar refractivity (Wildman–Crippen MR) is 56.8 cm³/mol. The highest BCUT2D eigenvalue weighted by Gasteiger charge is 2.08. The van der Waals surface area contributed by atoms with Crippen LogP contribution in [-0.4, -0.2) is 48.6 Å². The molecular weight excluding hydrogens is 192 g/mol. The molecular formula is C7H14N2OS2. The first-order valence-electron chi connectivity index (χ1n) is 4.06. The van der Waals surface area contributed by atoms with Gasteiger partial charge in [0.05, 0.1) is 13.2 Å². The quantitative estimate of drug-likeness (QED) is 0.506. The van der Waals surface area contributed by atoms with Crippen LogP contribution in [0.4, 0.5) is 0 Å². The molecule has 0 spiro atoms. The van der Waals surface area contributed by atoms with Crippen LogP contribution in [0.5, 0.6) is 0 Å².